The summed E-state index contributed by atoms with van der Waals surface area (Å²) >= 11 is 0. The molecule has 0 amide bonds. The number of anilines is 2. The smallest absolute Gasteiger partial charge is 0.0541 e. The van der Waals surface area contributed by atoms with E-state index in [0.717, 1.165) is 17.6 Å². The van der Waals surface area contributed by atoms with Crippen molar-refractivity contribution in [3.63, 3.8) is 0 Å². The summed E-state index contributed by atoms with van der Waals surface area (Å²) in [5.41, 5.74) is 12.4. The van der Waals surface area contributed by atoms with Crippen LogP contribution in [0.25, 0.3) is 60.4 Å². The van der Waals surface area contributed by atoms with Crippen molar-refractivity contribution in [1.82, 2.24) is 9.55 Å². The highest BCUT2D eigenvalue weighted by molar-refractivity contribution is 6.12. The van der Waals surface area contributed by atoms with E-state index in [1.54, 1.807) is 0 Å². The van der Waals surface area contributed by atoms with E-state index in [-0.39, 0.29) is 0 Å². The monoisotopic (exact) mass is 511 g/mol. The van der Waals surface area contributed by atoms with Crippen molar-refractivity contribution in [3.8, 4) is 16.8 Å². The molecule has 3 nitrogen and oxygen atoms in total. The Morgan fingerprint density at radius 1 is 0.475 bits per heavy atom. The summed E-state index contributed by atoms with van der Waals surface area (Å²) in [5.74, 6) is 0. The molecule has 0 unspecified atom stereocenters. The maximum absolute atomic E-state index is 3.66. The molecule has 188 valence electrons. The first-order valence-electron chi connectivity index (χ1n) is 13.8. The lowest BCUT2D eigenvalue weighted by Crippen LogP contribution is -2.21. The zero-order valence-corrected chi connectivity index (χ0v) is 21.8. The van der Waals surface area contributed by atoms with Crippen molar-refractivity contribution in [2.75, 3.05) is 4.90 Å². The zero-order chi connectivity index (χ0) is 26.2. The Morgan fingerprint density at radius 3 is 1.80 bits per heavy atom. The maximum Gasteiger partial charge on any atom is 0.0541 e. The largest absolute Gasteiger partial charge is 0.355 e. The lowest BCUT2D eigenvalue weighted by molar-refractivity contribution is 0.962. The second-order valence-electron chi connectivity index (χ2n) is 10.7. The number of aromatic nitrogens is 2. The highest BCUT2D eigenvalue weighted by Gasteiger charge is 2.23. The molecule has 1 aliphatic rings. The van der Waals surface area contributed by atoms with Crippen LogP contribution >= 0.6 is 0 Å². The molecule has 1 N–H and O–H groups in total. The second kappa shape index (κ2) is 8.11. The molecule has 9 rings (SSSR count). The van der Waals surface area contributed by atoms with Gasteiger partial charge in [-0.2, -0.15) is 0 Å². The number of benzene rings is 6. The standard InChI is InChI=1S/C37H25N3/c1-2-10-27-24(9-1)23-39(35-14-6-3-11-28(27)35)25-17-19-33-31(21-25)32-22-26(18-20-34(32)38-33)40-36-15-7-4-12-29(36)30-13-5-8-16-37(30)40/h1-22,38H,23H2. The van der Waals surface area contributed by atoms with Crippen molar-refractivity contribution >= 4 is 55.0 Å². The van der Waals surface area contributed by atoms with Crippen molar-refractivity contribution < 1.29 is 0 Å². The SMILES string of the molecule is c1ccc2c(c1)CN(c1ccc3[nH]c4ccc(-n5c6ccccc6c6ccccc65)cc4c3c1)c1ccccc1-2. The number of fused-ring (bicyclic) bond motifs is 9. The second-order valence-corrected chi connectivity index (χ2v) is 10.7. The number of rotatable bonds is 2. The molecular weight excluding hydrogens is 486 g/mol. The molecule has 6 aromatic carbocycles. The van der Waals surface area contributed by atoms with Crippen LogP contribution in [0.15, 0.2) is 133 Å². The van der Waals surface area contributed by atoms with Crippen molar-refractivity contribution in [2.24, 2.45) is 0 Å². The molecule has 0 radical (unpaired) electrons. The van der Waals surface area contributed by atoms with Crippen molar-refractivity contribution in [3.05, 3.63) is 139 Å². The Hall–Kier alpha value is -5.28. The van der Waals surface area contributed by atoms with E-state index in [1.165, 1.54) is 66.3 Å². The molecule has 0 atom stereocenters. The van der Waals surface area contributed by atoms with Crippen LogP contribution in [0.5, 0.6) is 0 Å². The molecule has 40 heavy (non-hydrogen) atoms. The molecule has 2 aromatic heterocycles. The van der Waals surface area contributed by atoms with Crippen LogP contribution in [-0.4, -0.2) is 9.55 Å². The van der Waals surface area contributed by atoms with Gasteiger partial charge in [0.15, 0.2) is 0 Å². The Kier molecular flexibility index (Phi) is 4.39. The van der Waals surface area contributed by atoms with Gasteiger partial charge in [-0.3, -0.25) is 0 Å². The van der Waals surface area contributed by atoms with Crippen LogP contribution in [0.4, 0.5) is 11.4 Å². The predicted molar refractivity (Wildman–Crippen MR) is 168 cm³/mol. The molecule has 0 fully saturated rings. The maximum atomic E-state index is 3.66. The topological polar surface area (TPSA) is 24.0 Å². The van der Waals surface area contributed by atoms with Gasteiger partial charge in [0, 0.05) is 61.7 Å². The van der Waals surface area contributed by atoms with Crippen LogP contribution in [0.2, 0.25) is 0 Å². The van der Waals surface area contributed by atoms with Gasteiger partial charge < -0.3 is 14.5 Å². The minimum atomic E-state index is 0.855. The van der Waals surface area contributed by atoms with Crippen LogP contribution in [0.3, 0.4) is 0 Å². The van der Waals surface area contributed by atoms with Crippen LogP contribution in [-0.2, 0) is 6.54 Å². The Labute approximate surface area is 231 Å². The Morgan fingerprint density at radius 2 is 1.05 bits per heavy atom. The lowest BCUT2D eigenvalue weighted by Gasteiger charge is -2.33. The van der Waals surface area contributed by atoms with Gasteiger partial charge >= 0.3 is 0 Å². The fourth-order valence-corrected chi connectivity index (χ4v) is 6.72. The van der Waals surface area contributed by atoms with Gasteiger partial charge in [0.25, 0.3) is 0 Å². The Balaban J connectivity index is 1.24. The van der Waals surface area contributed by atoms with Gasteiger partial charge in [-0.15, -0.1) is 0 Å². The number of hydrogen-bond donors (Lipinski definition) is 1. The van der Waals surface area contributed by atoms with Gasteiger partial charge in [-0.05, 0) is 65.7 Å². The summed E-state index contributed by atoms with van der Waals surface area (Å²) in [5, 5.41) is 5.04. The lowest BCUT2D eigenvalue weighted by atomic mass is 9.93. The summed E-state index contributed by atoms with van der Waals surface area (Å²) < 4.78 is 2.39. The van der Waals surface area contributed by atoms with E-state index in [4.69, 9.17) is 0 Å². The molecule has 3 heterocycles. The van der Waals surface area contributed by atoms with E-state index in [9.17, 15) is 0 Å². The number of hydrogen-bond acceptors (Lipinski definition) is 1. The summed E-state index contributed by atoms with van der Waals surface area (Å²) in [4.78, 5) is 6.11. The first kappa shape index (κ1) is 21.6. The molecule has 8 aromatic rings. The van der Waals surface area contributed by atoms with E-state index < -0.39 is 0 Å². The number of nitrogens with one attached hydrogen (secondary N) is 1. The average Bonchev–Trinajstić information content (AvgIpc) is 3.55. The molecule has 0 spiro atoms. The zero-order valence-electron chi connectivity index (χ0n) is 21.8. The third-order valence-corrected chi connectivity index (χ3v) is 8.55. The normalized spacial score (nSPS) is 12.8. The van der Waals surface area contributed by atoms with Gasteiger partial charge in [-0.25, -0.2) is 0 Å². The van der Waals surface area contributed by atoms with E-state index in [0.29, 0.717) is 0 Å². The first-order valence-corrected chi connectivity index (χ1v) is 13.8. The molecule has 1 aliphatic heterocycles. The fraction of sp³-hybridized carbons (Fsp3) is 0.0270. The van der Waals surface area contributed by atoms with Gasteiger partial charge in [0.05, 0.1) is 11.0 Å². The molecule has 0 aliphatic carbocycles. The number of para-hydroxylation sites is 3. The van der Waals surface area contributed by atoms with Gasteiger partial charge in [0.2, 0.25) is 0 Å². The Bertz CT molecular complexity index is 2210. The van der Waals surface area contributed by atoms with Crippen LogP contribution in [0.1, 0.15) is 5.56 Å². The third kappa shape index (κ3) is 3.00. The molecule has 0 bridgehead atoms. The van der Waals surface area contributed by atoms with Crippen LogP contribution < -0.4 is 4.90 Å². The van der Waals surface area contributed by atoms with Crippen molar-refractivity contribution in [1.29, 1.82) is 0 Å². The highest BCUT2D eigenvalue weighted by atomic mass is 15.1. The molecular formula is C37H25N3. The minimum Gasteiger partial charge on any atom is -0.355 e. The predicted octanol–water partition coefficient (Wildman–Crippen LogP) is 9.74. The fourth-order valence-electron chi connectivity index (χ4n) is 6.72. The van der Waals surface area contributed by atoms with Gasteiger partial charge in [0.1, 0.15) is 0 Å². The van der Waals surface area contributed by atoms with Crippen molar-refractivity contribution in [2.45, 2.75) is 6.54 Å². The highest BCUT2D eigenvalue weighted by Crippen LogP contribution is 2.43. The number of H-pyrrole nitrogens is 1. The molecule has 3 heteroatoms. The number of aromatic amines is 1. The minimum absolute atomic E-state index is 0.855. The molecule has 0 saturated heterocycles. The number of nitrogens with zero attached hydrogens (tertiary/aromatic N) is 2. The summed E-state index contributed by atoms with van der Waals surface area (Å²) in [6.45, 7) is 0.855. The third-order valence-electron chi connectivity index (χ3n) is 8.55. The summed E-state index contributed by atoms with van der Waals surface area (Å²) in [6, 6.07) is 48.5. The van der Waals surface area contributed by atoms with E-state index >= 15 is 0 Å². The summed E-state index contributed by atoms with van der Waals surface area (Å²) in [7, 11) is 0. The van der Waals surface area contributed by atoms with Gasteiger partial charge in [-0.1, -0.05) is 78.9 Å². The quantitative estimate of drug-likeness (QED) is 0.245. The molecule has 0 saturated carbocycles. The first-order chi connectivity index (χ1) is 19.8. The average molecular weight is 512 g/mol. The van der Waals surface area contributed by atoms with E-state index in [2.05, 4.69) is 148 Å². The van der Waals surface area contributed by atoms with E-state index in [1.807, 2.05) is 0 Å². The summed E-state index contributed by atoms with van der Waals surface area (Å²) in [6.07, 6.45) is 0. The van der Waals surface area contributed by atoms with Crippen LogP contribution in [0, 0.1) is 0 Å².